The van der Waals surface area contributed by atoms with Crippen LogP contribution in [0.1, 0.15) is 57.7 Å². The van der Waals surface area contributed by atoms with E-state index in [0.717, 1.165) is 11.1 Å². The largest absolute Gasteiger partial charge is 0.497 e. The van der Waals surface area contributed by atoms with Crippen LogP contribution in [-0.4, -0.2) is 104 Å². The van der Waals surface area contributed by atoms with Gasteiger partial charge in [-0.15, -0.1) is 0 Å². The highest BCUT2D eigenvalue weighted by Crippen LogP contribution is 2.29. The lowest BCUT2D eigenvalue weighted by atomic mass is 9.87. The third-order valence-corrected chi connectivity index (χ3v) is 9.79. The fourth-order valence-corrected chi connectivity index (χ4v) is 6.76. The van der Waals surface area contributed by atoms with E-state index in [1.807, 2.05) is 74.5 Å². The number of rotatable bonds is 18. The van der Waals surface area contributed by atoms with Crippen molar-refractivity contribution in [1.82, 2.24) is 20.9 Å². The minimum atomic E-state index is -1.22. The number of ether oxygens (including phenoxy) is 4. The van der Waals surface area contributed by atoms with Crippen LogP contribution >= 0.6 is 0 Å². The van der Waals surface area contributed by atoms with E-state index in [2.05, 4.69) is 16.0 Å². The number of hydrogen-bond donors (Lipinski definition) is 4. The van der Waals surface area contributed by atoms with E-state index in [-0.39, 0.29) is 37.5 Å². The highest BCUT2D eigenvalue weighted by molar-refractivity contribution is 5.93. The first-order chi connectivity index (χ1) is 27.2. The summed E-state index contributed by atoms with van der Waals surface area (Å²) in [4.78, 5) is 57.2. The van der Waals surface area contributed by atoms with Gasteiger partial charge in [-0.1, -0.05) is 80.6 Å². The number of hydrogen-bond acceptors (Lipinski definition) is 9. The van der Waals surface area contributed by atoms with Gasteiger partial charge in [0.1, 0.15) is 29.2 Å². The van der Waals surface area contributed by atoms with Crippen LogP contribution in [0.2, 0.25) is 0 Å². The quantitative estimate of drug-likeness (QED) is 0.146. The molecule has 5 atom stereocenters. The van der Waals surface area contributed by atoms with Gasteiger partial charge in [0.05, 0.1) is 39.6 Å². The SMILES string of the molecule is COc1ccc(CC(CC(O)C(Cc2ccccc2)NC(=O)OC(C)(C)C)C(=O)NC(C(=O)NC(Cc2ccccc2)C(=O)N2CCOCC2)C(C)C)c(OC)c1. The van der Waals surface area contributed by atoms with Crippen LogP contribution in [0.25, 0.3) is 0 Å². The number of alkyl carbamates (subject to hydrolysis) is 1. The smallest absolute Gasteiger partial charge is 0.407 e. The van der Waals surface area contributed by atoms with Crippen LogP contribution in [0.4, 0.5) is 4.79 Å². The van der Waals surface area contributed by atoms with E-state index in [1.54, 1.807) is 51.0 Å². The Hall–Kier alpha value is -5.14. The molecule has 0 bridgehead atoms. The van der Waals surface area contributed by atoms with Gasteiger partial charge < -0.3 is 44.9 Å². The van der Waals surface area contributed by atoms with E-state index in [9.17, 15) is 24.3 Å². The Morgan fingerprint density at radius 1 is 0.789 bits per heavy atom. The van der Waals surface area contributed by atoms with Crippen LogP contribution in [-0.2, 0) is 43.1 Å². The van der Waals surface area contributed by atoms with Crippen molar-refractivity contribution in [2.45, 2.75) is 90.1 Å². The number of nitrogens with zero attached hydrogens (tertiary/aromatic N) is 1. The minimum absolute atomic E-state index is 0.0904. The summed E-state index contributed by atoms with van der Waals surface area (Å²) in [5.74, 6) is -1.44. The van der Waals surface area contributed by atoms with Crippen LogP contribution in [0.15, 0.2) is 78.9 Å². The van der Waals surface area contributed by atoms with Crippen molar-refractivity contribution >= 4 is 23.8 Å². The van der Waals surface area contributed by atoms with Crippen molar-refractivity contribution in [3.8, 4) is 11.5 Å². The molecule has 1 heterocycles. The van der Waals surface area contributed by atoms with Gasteiger partial charge in [-0.2, -0.15) is 0 Å². The van der Waals surface area contributed by atoms with Gasteiger partial charge in [0.2, 0.25) is 17.7 Å². The van der Waals surface area contributed by atoms with Crippen LogP contribution in [0, 0.1) is 11.8 Å². The van der Waals surface area contributed by atoms with E-state index < -0.39 is 53.7 Å². The number of aliphatic hydroxyl groups is 1. The molecule has 3 aromatic carbocycles. The lowest BCUT2D eigenvalue weighted by Gasteiger charge is -2.32. The van der Waals surface area contributed by atoms with Crippen LogP contribution < -0.4 is 25.4 Å². The number of morpholine rings is 1. The maximum absolute atomic E-state index is 14.5. The highest BCUT2D eigenvalue weighted by atomic mass is 16.6. The molecule has 0 saturated carbocycles. The standard InChI is InChI=1S/C44H60N4O9/c1-29(2)39(41(51)45-36(25-31-16-12-9-13-17-31)42(52)48-20-22-56-23-21-48)47-40(50)33(26-32-18-19-34(54-6)28-38(32)55-7)27-37(49)35(24-30-14-10-8-11-15-30)46-43(53)57-44(3,4)5/h8-19,28-29,33,35-37,39,49H,20-27H2,1-7H3,(H,45,51)(H,46,53)(H,47,50). The molecule has 5 unspecified atom stereocenters. The topological polar surface area (TPSA) is 165 Å². The molecule has 1 aliphatic rings. The summed E-state index contributed by atoms with van der Waals surface area (Å²) < 4.78 is 22.1. The maximum Gasteiger partial charge on any atom is 0.407 e. The predicted molar refractivity (Wildman–Crippen MR) is 217 cm³/mol. The molecule has 13 nitrogen and oxygen atoms in total. The molecule has 0 radical (unpaired) electrons. The van der Waals surface area contributed by atoms with Crippen molar-refractivity contribution < 1.29 is 43.2 Å². The Kier molecular flexibility index (Phi) is 16.7. The summed E-state index contributed by atoms with van der Waals surface area (Å²) in [6.45, 7) is 10.5. The fraction of sp³-hybridized carbons (Fsp3) is 0.500. The normalized spacial score (nSPS) is 15.7. The van der Waals surface area contributed by atoms with E-state index in [1.165, 1.54) is 7.11 Å². The number of amides is 4. The van der Waals surface area contributed by atoms with Gasteiger partial charge in [0, 0.05) is 31.5 Å². The third-order valence-electron chi connectivity index (χ3n) is 9.79. The van der Waals surface area contributed by atoms with Gasteiger partial charge in [-0.25, -0.2) is 4.79 Å². The Balaban J connectivity index is 1.62. The van der Waals surface area contributed by atoms with Gasteiger partial charge in [0.15, 0.2) is 0 Å². The molecule has 1 aliphatic heterocycles. The van der Waals surface area contributed by atoms with Crippen molar-refractivity contribution in [1.29, 1.82) is 0 Å². The first-order valence-corrected chi connectivity index (χ1v) is 19.6. The zero-order chi connectivity index (χ0) is 41.5. The van der Waals surface area contributed by atoms with Gasteiger partial charge >= 0.3 is 6.09 Å². The average molecular weight is 789 g/mol. The second kappa shape index (κ2) is 21.4. The molecule has 0 spiro atoms. The Labute approximate surface area is 336 Å². The second-order valence-electron chi connectivity index (χ2n) is 15.7. The molecule has 4 amide bonds. The molecule has 57 heavy (non-hydrogen) atoms. The average Bonchev–Trinajstić information content (AvgIpc) is 3.19. The van der Waals surface area contributed by atoms with Gasteiger partial charge in [0.25, 0.3) is 0 Å². The number of aliphatic hydroxyl groups excluding tert-OH is 1. The number of carbonyl (C=O) groups excluding carboxylic acids is 4. The monoisotopic (exact) mass is 788 g/mol. The number of nitrogens with one attached hydrogen (secondary N) is 3. The van der Waals surface area contributed by atoms with Gasteiger partial charge in [-0.3, -0.25) is 14.4 Å². The van der Waals surface area contributed by atoms with Crippen molar-refractivity contribution in [2.24, 2.45) is 11.8 Å². The molecule has 13 heteroatoms. The van der Waals surface area contributed by atoms with Crippen molar-refractivity contribution in [3.05, 3.63) is 95.6 Å². The molecule has 3 aromatic rings. The zero-order valence-corrected chi connectivity index (χ0v) is 34.3. The summed E-state index contributed by atoms with van der Waals surface area (Å²) in [6.07, 6.45) is -1.36. The lowest BCUT2D eigenvalue weighted by molar-refractivity contribution is -0.141. The molecule has 4 N–H and O–H groups in total. The molecule has 0 aliphatic carbocycles. The fourth-order valence-electron chi connectivity index (χ4n) is 6.76. The molecular weight excluding hydrogens is 729 g/mol. The van der Waals surface area contributed by atoms with Crippen LogP contribution in [0.5, 0.6) is 11.5 Å². The summed E-state index contributed by atoms with van der Waals surface area (Å²) in [5, 5.41) is 20.7. The van der Waals surface area contributed by atoms with E-state index in [0.29, 0.717) is 43.4 Å². The number of methoxy groups -OCH3 is 2. The van der Waals surface area contributed by atoms with Crippen molar-refractivity contribution in [2.75, 3.05) is 40.5 Å². The van der Waals surface area contributed by atoms with E-state index >= 15 is 0 Å². The Morgan fingerprint density at radius 3 is 1.96 bits per heavy atom. The summed E-state index contributed by atoms with van der Waals surface area (Å²) in [6, 6.07) is 21.4. The van der Waals surface area contributed by atoms with Gasteiger partial charge in [-0.05, 0) is 68.7 Å². The lowest BCUT2D eigenvalue weighted by Crippen LogP contribution is -2.58. The maximum atomic E-state index is 14.5. The molecule has 4 rings (SSSR count). The predicted octanol–water partition coefficient (Wildman–Crippen LogP) is 4.48. The zero-order valence-electron chi connectivity index (χ0n) is 34.3. The summed E-state index contributed by atoms with van der Waals surface area (Å²) >= 11 is 0. The second-order valence-corrected chi connectivity index (χ2v) is 15.7. The molecule has 310 valence electrons. The highest BCUT2D eigenvalue weighted by Gasteiger charge is 2.35. The summed E-state index contributed by atoms with van der Waals surface area (Å²) in [7, 11) is 3.06. The summed E-state index contributed by atoms with van der Waals surface area (Å²) in [5.41, 5.74) is 1.64. The Morgan fingerprint density at radius 2 is 1.40 bits per heavy atom. The minimum Gasteiger partial charge on any atom is -0.497 e. The van der Waals surface area contributed by atoms with E-state index in [4.69, 9.17) is 18.9 Å². The van der Waals surface area contributed by atoms with Crippen molar-refractivity contribution in [3.63, 3.8) is 0 Å². The number of benzene rings is 3. The first-order valence-electron chi connectivity index (χ1n) is 19.6. The third kappa shape index (κ3) is 14.1. The molecule has 0 aromatic heterocycles. The molecule has 1 fully saturated rings. The molecule has 1 saturated heterocycles. The molecular formula is C44H60N4O9. The van der Waals surface area contributed by atoms with Crippen LogP contribution in [0.3, 0.4) is 0 Å². The Bertz CT molecular complexity index is 1740. The number of carbonyl (C=O) groups is 4. The first kappa shape index (κ1) is 44.6.